The Morgan fingerprint density at radius 2 is 1.73 bits per heavy atom. The summed E-state index contributed by atoms with van der Waals surface area (Å²) in [5.41, 5.74) is 1.30. The van der Waals surface area contributed by atoms with Gasteiger partial charge in [-0.05, 0) is 47.7 Å². The third-order valence-corrected chi connectivity index (χ3v) is 6.99. The molecule has 0 aliphatic carbocycles. The predicted octanol–water partition coefficient (Wildman–Crippen LogP) is 5.39. The van der Waals surface area contributed by atoms with Crippen molar-refractivity contribution in [3.8, 4) is 0 Å². The Balaban J connectivity index is 1.59. The van der Waals surface area contributed by atoms with Crippen LogP contribution in [0.3, 0.4) is 0 Å². The molecule has 0 aliphatic heterocycles. The van der Waals surface area contributed by atoms with Crippen LogP contribution in [0, 0.1) is 5.82 Å². The molecule has 4 rings (SSSR count). The van der Waals surface area contributed by atoms with Crippen LogP contribution in [0.2, 0.25) is 0 Å². The monoisotopic (exact) mass is 520 g/mol. The Hall–Kier alpha value is -3.78. The molecule has 2 aromatic heterocycles. The zero-order valence-electron chi connectivity index (χ0n) is 20.7. The summed E-state index contributed by atoms with van der Waals surface area (Å²) < 4.78 is 19.1. The van der Waals surface area contributed by atoms with Crippen LogP contribution in [0.5, 0.6) is 0 Å². The standard InChI is InChI=1S/C29H29FN2O4S/c1-2-3-14-31(27(33)16-24-7-6-15-37-24)19-28(34)32(17-21-10-12-23(30)13-11-21)18-22-20-36-26-9-5-4-8-25(26)29(22)35/h4-13,15,20H,2-3,14,16-19H2,1H3. The summed E-state index contributed by atoms with van der Waals surface area (Å²) in [4.78, 5) is 43.9. The average molecular weight is 521 g/mol. The Labute approximate surface area is 218 Å². The third kappa shape index (κ3) is 6.92. The molecule has 192 valence electrons. The van der Waals surface area contributed by atoms with Crippen molar-refractivity contribution in [2.45, 2.75) is 39.3 Å². The van der Waals surface area contributed by atoms with E-state index >= 15 is 0 Å². The van der Waals surface area contributed by atoms with Gasteiger partial charge in [0.15, 0.2) is 5.43 Å². The second-order valence-electron chi connectivity index (χ2n) is 8.89. The lowest BCUT2D eigenvalue weighted by molar-refractivity contribution is -0.141. The van der Waals surface area contributed by atoms with Crippen molar-refractivity contribution in [3.63, 3.8) is 0 Å². The van der Waals surface area contributed by atoms with Crippen LogP contribution >= 0.6 is 11.3 Å². The maximum atomic E-state index is 13.6. The molecule has 0 bridgehead atoms. The molecule has 0 saturated carbocycles. The first-order valence-corrected chi connectivity index (χ1v) is 13.1. The van der Waals surface area contributed by atoms with E-state index < -0.39 is 0 Å². The zero-order valence-corrected chi connectivity index (χ0v) is 21.5. The van der Waals surface area contributed by atoms with Crippen molar-refractivity contribution in [2.75, 3.05) is 13.1 Å². The van der Waals surface area contributed by atoms with Gasteiger partial charge < -0.3 is 14.2 Å². The lowest BCUT2D eigenvalue weighted by Crippen LogP contribution is -2.43. The van der Waals surface area contributed by atoms with Gasteiger partial charge in [0, 0.05) is 18.0 Å². The van der Waals surface area contributed by atoms with Crippen LogP contribution in [-0.4, -0.2) is 34.7 Å². The summed E-state index contributed by atoms with van der Waals surface area (Å²) in [7, 11) is 0. The maximum absolute atomic E-state index is 13.6. The normalized spacial score (nSPS) is 11.0. The quantitative estimate of drug-likeness (QED) is 0.266. The van der Waals surface area contributed by atoms with Gasteiger partial charge >= 0.3 is 0 Å². The molecule has 8 heteroatoms. The number of carbonyl (C=O) groups is 2. The molecule has 0 spiro atoms. The first-order valence-electron chi connectivity index (χ1n) is 12.3. The predicted molar refractivity (Wildman–Crippen MR) is 143 cm³/mol. The Morgan fingerprint density at radius 3 is 2.46 bits per heavy atom. The number of benzene rings is 2. The SMILES string of the molecule is CCCCN(CC(=O)N(Cc1ccc(F)cc1)Cc1coc2ccccc2c1=O)C(=O)Cc1cccs1. The number of carbonyl (C=O) groups excluding carboxylic acids is 2. The molecule has 0 unspecified atom stereocenters. The highest BCUT2D eigenvalue weighted by Gasteiger charge is 2.23. The highest BCUT2D eigenvalue weighted by molar-refractivity contribution is 7.10. The molecule has 0 saturated heterocycles. The second kappa shape index (κ2) is 12.5. The van der Waals surface area contributed by atoms with Crippen molar-refractivity contribution in [2.24, 2.45) is 0 Å². The van der Waals surface area contributed by atoms with E-state index in [1.54, 1.807) is 41.3 Å². The summed E-state index contributed by atoms with van der Waals surface area (Å²) in [6, 6.07) is 16.6. The van der Waals surface area contributed by atoms with Crippen molar-refractivity contribution in [1.29, 1.82) is 0 Å². The molecule has 2 amide bonds. The molecule has 2 aromatic carbocycles. The molecule has 37 heavy (non-hydrogen) atoms. The number of fused-ring (bicyclic) bond motifs is 1. The molecule has 0 atom stereocenters. The van der Waals surface area contributed by atoms with Crippen molar-refractivity contribution < 1.29 is 18.4 Å². The second-order valence-corrected chi connectivity index (χ2v) is 9.92. The van der Waals surface area contributed by atoms with E-state index in [1.807, 2.05) is 24.4 Å². The highest BCUT2D eigenvalue weighted by atomic mass is 32.1. The molecule has 0 radical (unpaired) electrons. The lowest BCUT2D eigenvalue weighted by atomic mass is 10.1. The lowest BCUT2D eigenvalue weighted by Gasteiger charge is -2.28. The number of halogens is 1. The van der Waals surface area contributed by atoms with Gasteiger partial charge in [0.1, 0.15) is 11.4 Å². The van der Waals surface area contributed by atoms with Gasteiger partial charge in [0.25, 0.3) is 0 Å². The zero-order chi connectivity index (χ0) is 26.2. The van der Waals surface area contributed by atoms with Crippen LogP contribution < -0.4 is 5.43 Å². The van der Waals surface area contributed by atoms with Gasteiger partial charge in [-0.2, -0.15) is 0 Å². The molecule has 0 N–H and O–H groups in total. The van der Waals surface area contributed by atoms with E-state index in [-0.39, 0.29) is 49.1 Å². The van der Waals surface area contributed by atoms with E-state index in [2.05, 4.69) is 0 Å². The Kier molecular flexibility index (Phi) is 8.85. The number of hydrogen-bond donors (Lipinski definition) is 0. The fraction of sp³-hybridized carbons (Fsp3) is 0.276. The van der Waals surface area contributed by atoms with Crippen LogP contribution in [0.15, 0.2) is 81.5 Å². The van der Waals surface area contributed by atoms with Crippen LogP contribution in [-0.2, 0) is 29.1 Å². The van der Waals surface area contributed by atoms with E-state index in [0.29, 0.717) is 28.6 Å². The summed E-state index contributed by atoms with van der Waals surface area (Å²) >= 11 is 1.51. The Bertz CT molecular complexity index is 1400. The largest absolute Gasteiger partial charge is 0.464 e. The molecule has 2 heterocycles. The summed E-state index contributed by atoms with van der Waals surface area (Å²) in [6.45, 7) is 2.55. The van der Waals surface area contributed by atoms with Crippen molar-refractivity contribution in [1.82, 2.24) is 9.80 Å². The third-order valence-electron chi connectivity index (χ3n) is 6.12. The number of amides is 2. The minimum absolute atomic E-state index is 0.00408. The van der Waals surface area contributed by atoms with E-state index in [4.69, 9.17) is 4.42 Å². The fourth-order valence-corrected chi connectivity index (χ4v) is 4.75. The number of para-hydroxylation sites is 1. The van der Waals surface area contributed by atoms with Crippen molar-refractivity contribution in [3.05, 3.63) is 104 Å². The highest BCUT2D eigenvalue weighted by Crippen LogP contribution is 2.16. The first-order chi connectivity index (χ1) is 17.9. The molecular weight excluding hydrogens is 491 g/mol. The van der Waals surface area contributed by atoms with Crippen molar-refractivity contribution >= 4 is 34.1 Å². The van der Waals surface area contributed by atoms with Crippen LogP contribution in [0.4, 0.5) is 4.39 Å². The molecular formula is C29H29FN2O4S. The van der Waals surface area contributed by atoms with E-state index in [9.17, 15) is 18.8 Å². The minimum Gasteiger partial charge on any atom is -0.464 e. The molecule has 6 nitrogen and oxygen atoms in total. The molecule has 0 aliphatic rings. The summed E-state index contributed by atoms with van der Waals surface area (Å²) in [6.07, 6.45) is 3.28. The van der Waals surface area contributed by atoms with Gasteiger partial charge in [-0.1, -0.05) is 43.7 Å². The number of nitrogens with zero attached hydrogens (tertiary/aromatic N) is 2. The van der Waals surface area contributed by atoms with E-state index in [0.717, 1.165) is 17.7 Å². The van der Waals surface area contributed by atoms with Gasteiger partial charge in [-0.25, -0.2) is 4.39 Å². The smallest absolute Gasteiger partial charge is 0.242 e. The molecule has 0 fully saturated rings. The van der Waals surface area contributed by atoms with Gasteiger partial charge in [-0.15, -0.1) is 11.3 Å². The topological polar surface area (TPSA) is 70.8 Å². The van der Waals surface area contributed by atoms with Crippen LogP contribution in [0.1, 0.15) is 35.8 Å². The maximum Gasteiger partial charge on any atom is 0.242 e. The Morgan fingerprint density at radius 1 is 0.946 bits per heavy atom. The van der Waals surface area contributed by atoms with Crippen LogP contribution in [0.25, 0.3) is 11.0 Å². The van der Waals surface area contributed by atoms with Gasteiger partial charge in [0.2, 0.25) is 11.8 Å². The number of rotatable bonds is 11. The number of thiophene rings is 1. The first kappa shape index (κ1) is 26.3. The summed E-state index contributed by atoms with van der Waals surface area (Å²) in [5, 5.41) is 2.36. The average Bonchev–Trinajstić information content (AvgIpc) is 3.42. The van der Waals surface area contributed by atoms with Gasteiger partial charge in [-0.3, -0.25) is 14.4 Å². The van der Waals surface area contributed by atoms with Gasteiger partial charge in [0.05, 0.1) is 36.7 Å². The minimum atomic E-state index is -0.373. The molecule has 4 aromatic rings. The number of hydrogen-bond acceptors (Lipinski definition) is 5. The number of unbranched alkanes of at least 4 members (excludes halogenated alkanes) is 1. The van der Waals surface area contributed by atoms with E-state index in [1.165, 1.54) is 34.6 Å². The fourth-order valence-electron chi connectivity index (χ4n) is 4.05. The summed E-state index contributed by atoms with van der Waals surface area (Å²) in [5.74, 6) is -0.787.